The van der Waals surface area contributed by atoms with E-state index < -0.39 is 0 Å². The van der Waals surface area contributed by atoms with Crippen LogP contribution in [-0.2, 0) is 0 Å². The molecule has 2 fully saturated rings. The summed E-state index contributed by atoms with van der Waals surface area (Å²) in [7, 11) is 0. The molecule has 6 heteroatoms. The lowest BCUT2D eigenvalue weighted by Crippen LogP contribution is -2.67. The summed E-state index contributed by atoms with van der Waals surface area (Å²) in [6.45, 7) is 5.38. The smallest absolute Gasteiger partial charge is 0.167 e. The summed E-state index contributed by atoms with van der Waals surface area (Å²) in [4.78, 5) is 12.4. The Morgan fingerprint density at radius 2 is 2.17 bits per heavy atom. The molecule has 0 bridgehead atoms. The number of hydrogen-bond donors (Lipinski definition) is 1. The van der Waals surface area contributed by atoms with E-state index in [-0.39, 0.29) is 30.3 Å². The molecule has 1 saturated carbocycles. The summed E-state index contributed by atoms with van der Waals surface area (Å²) in [5, 5.41) is 6.47. The van der Waals surface area contributed by atoms with Crippen LogP contribution in [0.15, 0.2) is 23.4 Å². The minimum absolute atomic E-state index is 0.000214. The highest BCUT2D eigenvalue weighted by molar-refractivity contribution is 5.52. The number of ether oxygens (including phenoxy) is 1. The van der Waals surface area contributed by atoms with Gasteiger partial charge in [0.15, 0.2) is 11.6 Å². The molecule has 0 spiro atoms. The van der Waals surface area contributed by atoms with Crippen LogP contribution in [0.3, 0.4) is 0 Å². The van der Waals surface area contributed by atoms with Crippen molar-refractivity contribution < 1.29 is 9.13 Å². The molecule has 0 amide bonds. The van der Waals surface area contributed by atoms with Crippen molar-refractivity contribution in [1.82, 2.24) is 5.32 Å². The second-order valence-electron chi connectivity index (χ2n) is 7.43. The van der Waals surface area contributed by atoms with E-state index in [9.17, 15) is 9.30 Å². The highest BCUT2D eigenvalue weighted by atomic mass is 19.1. The van der Waals surface area contributed by atoms with Gasteiger partial charge in [-0.1, -0.05) is 18.0 Å². The van der Waals surface area contributed by atoms with E-state index in [1.807, 2.05) is 6.07 Å². The first-order valence-electron chi connectivity index (χ1n) is 8.76. The molecule has 2 aliphatic rings. The van der Waals surface area contributed by atoms with E-state index in [0.29, 0.717) is 12.1 Å². The topological polar surface area (TPSA) is 53.9 Å². The van der Waals surface area contributed by atoms with E-state index in [2.05, 4.69) is 29.2 Å². The average Bonchev–Trinajstić information content (AvgIpc) is 2.55. The SMILES string of the molecule is CC1(C)CN(c2ccc(OCCN=O)c(F)c2)[C@H]2CCCC[C@H]2N1. The Kier molecular flexibility index (Phi) is 5.04. The zero-order chi connectivity index (χ0) is 17.2. The highest BCUT2D eigenvalue weighted by Gasteiger charge is 2.40. The summed E-state index contributed by atoms with van der Waals surface area (Å²) in [6.07, 6.45) is 4.79. The van der Waals surface area contributed by atoms with Gasteiger partial charge in [0.2, 0.25) is 0 Å². The fourth-order valence-electron chi connectivity index (χ4n) is 4.00. The quantitative estimate of drug-likeness (QED) is 0.661. The number of nitrogens with one attached hydrogen (secondary N) is 1. The molecular weight excluding hydrogens is 309 g/mol. The van der Waals surface area contributed by atoms with E-state index in [1.165, 1.54) is 19.3 Å². The van der Waals surface area contributed by atoms with Crippen LogP contribution in [0.5, 0.6) is 5.75 Å². The Balaban J connectivity index is 1.80. The fraction of sp³-hybridized carbons (Fsp3) is 0.667. The van der Waals surface area contributed by atoms with Gasteiger partial charge in [-0.15, -0.1) is 0 Å². The molecule has 1 N–H and O–H groups in total. The molecule has 0 radical (unpaired) electrons. The standard InChI is InChI=1S/C18H26FN3O2/c1-18(2)12-22(16-6-4-3-5-15(16)21-18)13-7-8-17(14(19)11-13)24-10-9-20-23/h7-8,11,15-16,21H,3-6,9-10,12H2,1-2H3/t15-,16+/m1/s1. The minimum Gasteiger partial charge on any atom is -0.488 e. The van der Waals surface area contributed by atoms with Crippen LogP contribution in [0.2, 0.25) is 0 Å². The predicted octanol–water partition coefficient (Wildman–Crippen LogP) is 3.47. The third-order valence-electron chi connectivity index (χ3n) is 4.96. The van der Waals surface area contributed by atoms with Gasteiger partial charge in [0, 0.05) is 35.9 Å². The Hall–Kier alpha value is -1.69. The van der Waals surface area contributed by atoms with Crippen LogP contribution in [-0.4, -0.2) is 37.3 Å². The third kappa shape index (κ3) is 3.69. The second-order valence-corrected chi connectivity index (χ2v) is 7.43. The number of rotatable bonds is 5. The lowest BCUT2D eigenvalue weighted by Gasteiger charge is -2.52. The maximum Gasteiger partial charge on any atom is 0.167 e. The van der Waals surface area contributed by atoms with Crippen LogP contribution in [0.25, 0.3) is 0 Å². The molecule has 3 rings (SSSR count). The fourth-order valence-corrected chi connectivity index (χ4v) is 4.00. The van der Waals surface area contributed by atoms with Crippen molar-refractivity contribution in [2.24, 2.45) is 5.18 Å². The Morgan fingerprint density at radius 3 is 2.92 bits per heavy atom. The highest BCUT2D eigenvalue weighted by Crippen LogP contribution is 2.35. The van der Waals surface area contributed by atoms with E-state index in [0.717, 1.165) is 18.7 Å². The van der Waals surface area contributed by atoms with Crippen LogP contribution in [0.1, 0.15) is 39.5 Å². The monoisotopic (exact) mass is 335 g/mol. The molecule has 0 aromatic heterocycles. The number of piperazine rings is 1. The van der Waals surface area contributed by atoms with Gasteiger partial charge in [-0.25, -0.2) is 4.39 Å². The van der Waals surface area contributed by atoms with Crippen molar-refractivity contribution in [2.75, 3.05) is 24.6 Å². The molecule has 1 heterocycles. The van der Waals surface area contributed by atoms with Crippen molar-refractivity contribution in [1.29, 1.82) is 0 Å². The molecule has 1 aromatic carbocycles. The lowest BCUT2D eigenvalue weighted by molar-refractivity contribution is 0.199. The summed E-state index contributed by atoms with van der Waals surface area (Å²) in [5.41, 5.74) is 0.902. The molecule has 5 nitrogen and oxygen atoms in total. The van der Waals surface area contributed by atoms with Gasteiger partial charge in [-0.3, -0.25) is 0 Å². The maximum atomic E-state index is 14.4. The number of nitroso groups, excluding NO2 is 1. The van der Waals surface area contributed by atoms with Gasteiger partial charge < -0.3 is 15.0 Å². The molecule has 24 heavy (non-hydrogen) atoms. The second kappa shape index (κ2) is 7.05. The third-order valence-corrected chi connectivity index (χ3v) is 4.96. The molecule has 1 aliphatic carbocycles. The van der Waals surface area contributed by atoms with Gasteiger partial charge in [-0.2, -0.15) is 4.91 Å². The number of fused-ring (bicyclic) bond motifs is 1. The lowest BCUT2D eigenvalue weighted by atomic mass is 9.83. The number of hydrogen-bond acceptors (Lipinski definition) is 5. The van der Waals surface area contributed by atoms with Gasteiger partial charge >= 0.3 is 0 Å². The number of nitrogens with zero attached hydrogens (tertiary/aromatic N) is 2. The molecule has 2 atom stereocenters. The van der Waals surface area contributed by atoms with Crippen LogP contribution < -0.4 is 15.0 Å². The number of benzene rings is 1. The summed E-state index contributed by atoms with van der Waals surface area (Å²) >= 11 is 0. The van der Waals surface area contributed by atoms with Crippen LogP contribution in [0, 0.1) is 10.7 Å². The predicted molar refractivity (Wildman–Crippen MR) is 93.2 cm³/mol. The van der Waals surface area contributed by atoms with E-state index in [4.69, 9.17) is 4.74 Å². The maximum absolute atomic E-state index is 14.4. The molecule has 1 saturated heterocycles. The largest absolute Gasteiger partial charge is 0.488 e. The van der Waals surface area contributed by atoms with Gasteiger partial charge in [-0.05, 0) is 38.8 Å². The summed E-state index contributed by atoms with van der Waals surface area (Å²) in [6, 6.07) is 6.00. The van der Waals surface area contributed by atoms with Crippen molar-refractivity contribution in [3.63, 3.8) is 0 Å². The van der Waals surface area contributed by atoms with Gasteiger partial charge in [0.25, 0.3) is 0 Å². The Bertz CT molecular complexity index is 594. The number of halogens is 1. The first kappa shape index (κ1) is 17.1. The average molecular weight is 335 g/mol. The summed E-state index contributed by atoms with van der Waals surface area (Å²) < 4.78 is 19.6. The zero-order valence-corrected chi connectivity index (χ0v) is 14.4. The first-order chi connectivity index (χ1) is 11.5. The van der Waals surface area contributed by atoms with E-state index >= 15 is 0 Å². The minimum atomic E-state index is -0.387. The molecule has 132 valence electrons. The normalized spacial score (nSPS) is 25.9. The summed E-state index contributed by atoms with van der Waals surface area (Å²) in [5.74, 6) is -0.209. The van der Waals surface area contributed by atoms with Crippen LogP contribution in [0.4, 0.5) is 10.1 Å². The van der Waals surface area contributed by atoms with Crippen molar-refractivity contribution >= 4 is 5.69 Å². The van der Waals surface area contributed by atoms with Crippen molar-refractivity contribution in [2.45, 2.75) is 57.2 Å². The van der Waals surface area contributed by atoms with Gasteiger partial charge in [0.05, 0.1) is 0 Å². The number of anilines is 1. The molecular formula is C18H26FN3O2. The van der Waals surface area contributed by atoms with Gasteiger partial charge in [0.1, 0.15) is 13.2 Å². The Morgan fingerprint density at radius 1 is 1.38 bits per heavy atom. The molecule has 0 unspecified atom stereocenters. The van der Waals surface area contributed by atoms with Crippen molar-refractivity contribution in [3.8, 4) is 5.75 Å². The molecule has 1 aliphatic heterocycles. The van der Waals surface area contributed by atoms with Crippen molar-refractivity contribution in [3.05, 3.63) is 28.9 Å². The Labute approximate surface area is 142 Å². The zero-order valence-electron chi connectivity index (χ0n) is 14.4. The van der Waals surface area contributed by atoms with Crippen LogP contribution >= 0.6 is 0 Å². The first-order valence-corrected chi connectivity index (χ1v) is 8.76. The molecule has 1 aromatic rings. The van der Waals surface area contributed by atoms with E-state index in [1.54, 1.807) is 12.1 Å².